The molecule has 0 atom stereocenters. The minimum atomic E-state index is -0.0830. The van der Waals surface area contributed by atoms with Gasteiger partial charge in [-0.1, -0.05) is 18.2 Å². The van der Waals surface area contributed by atoms with E-state index in [9.17, 15) is 4.79 Å². The molecule has 3 rings (SSSR count). The maximum absolute atomic E-state index is 12.6. The Labute approximate surface area is 159 Å². The summed E-state index contributed by atoms with van der Waals surface area (Å²) in [6.45, 7) is 0.776. The van der Waals surface area contributed by atoms with Crippen molar-refractivity contribution in [1.29, 1.82) is 0 Å². The lowest BCUT2D eigenvalue weighted by atomic mass is 10.1. The number of fused-ring (bicyclic) bond motifs is 1. The standard InChI is InChI=1S/C22H24N2O3/c1-23(2)15-24-14-17(18-7-5-6-8-19(18)24)9-11-20(25)16-10-12-21(26-3)22(13-16)27-4/h5-14H,15H2,1-4H3/b11-9+. The first-order chi connectivity index (χ1) is 13.0. The van der Waals surface area contributed by atoms with Crippen LogP contribution in [0.1, 0.15) is 15.9 Å². The van der Waals surface area contributed by atoms with Crippen LogP contribution in [0.5, 0.6) is 11.5 Å². The van der Waals surface area contributed by atoms with Gasteiger partial charge in [0.1, 0.15) is 0 Å². The van der Waals surface area contributed by atoms with Crippen molar-refractivity contribution in [2.75, 3.05) is 28.3 Å². The number of aromatic nitrogens is 1. The third kappa shape index (κ3) is 4.04. The largest absolute Gasteiger partial charge is 0.493 e. The summed E-state index contributed by atoms with van der Waals surface area (Å²) >= 11 is 0. The first-order valence-corrected chi connectivity index (χ1v) is 8.70. The lowest BCUT2D eigenvalue weighted by Gasteiger charge is -2.11. The molecule has 0 fully saturated rings. The number of ether oxygens (including phenoxy) is 2. The number of carbonyl (C=O) groups excluding carboxylic acids is 1. The topological polar surface area (TPSA) is 43.7 Å². The molecule has 0 N–H and O–H groups in total. The van der Waals surface area contributed by atoms with E-state index in [1.54, 1.807) is 38.5 Å². The SMILES string of the molecule is COc1ccc(C(=O)/C=C/c2cn(CN(C)C)c3ccccc23)cc1OC. The molecule has 0 spiro atoms. The molecule has 2 aromatic carbocycles. The van der Waals surface area contributed by atoms with E-state index >= 15 is 0 Å². The van der Waals surface area contributed by atoms with E-state index in [-0.39, 0.29) is 5.78 Å². The van der Waals surface area contributed by atoms with Gasteiger partial charge in [-0.3, -0.25) is 9.69 Å². The second-order valence-electron chi connectivity index (χ2n) is 6.56. The molecular formula is C22H24N2O3. The van der Waals surface area contributed by atoms with E-state index in [1.165, 1.54) is 0 Å². The molecule has 0 unspecified atom stereocenters. The van der Waals surface area contributed by atoms with Crippen LogP contribution >= 0.6 is 0 Å². The van der Waals surface area contributed by atoms with Gasteiger partial charge in [0.15, 0.2) is 17.3 Å². The van der Waals surface area contributed by atoms with E-state index in [0.717, 1.165) is 23.1 Å². The van der Waals surface area contributed by atoms with Crippen LogP contribution in [0.25, 0.3) is 17.0 Å². The average molecular weight is 364 g/mol. The van der Waals surface area contributed by atoms with Gasteiger partial charge in [0, 0.05) is 28.2 Å². The van der Waals surface area contributed by atoms with Gasteiger partial charge >= 0.3 is 0 Å². The third-order valence-electron chi connectivity index (χ3n) is 4.34. The maximum atomic E-state index is 12.6. The van der Waals surface area contributed by atoms with Crippen LogP contribution in [0.4, 0.5) is 0 Å². The zero-order valence-corrected chi connectivity index (χ0v) is 16.1. The Morgan fingerprint density at radius 1 is 1.07 bits per heavy atom. The molecule has 0 aliphatic heterocycles. The molecule has 0 saturated carbocycles. The molecule has 5 nitrogen and oxygen atoms in total. The molecule has 1 aromatic heterocycles. The van der Waals surface area contributed by atoms with Crippen molar-refractivity contribution in [2.45, 2.75) is 6.67 Å². The van der Waals surface area contributed by atoms with Crippen LogP contribution in [0, 0.1) is 0 Å². The summed E-state index contributed by atoms with van der Waals surface area (Å²) in [7, 11) is 7.19. The molecular weight excluding hydrogens is 340 g/mol. The molecule has 140 valence electrons. The highest BCUT2D eigenvalue weighted by molar-refractivity contribution is 6.08. The summed E-state index contributed by atoms with van der Waals surface area (Å²) in [6.07, 6.45) is 5.54. The van der Waals surface area contributed by atoms with Crippen molar-refractivity contribution in [3.63, 3.8) is 0 Å². The summed E-state index contributed by atoms with van der Waals surface area (Å²) in [5.41, 5.74) is 2.71. The number of para-hydroxylation sites is 1. The first-order valence-electron chi connectivity index (χ1n) is 8.70. The first kappa shape index (κ1) is 18.7. The van der Waals surface area contributed by atoms with E-state index in [0.29, 0.717) is 17.1 Å². The molecule has 0 radical (unpaired) electrons. The van der Waals surface area contributed by atoms with Crippen molar-refractivity contribution >= 4 is 22.8 Å². The number of hydrogen-bond donors (Lipinski definition) is 0. The van der Waals surface area contributed by atoms with Crippen molar-refractivity contribution in [3.8, 4) is 11.5 Å². The van der Waals surface area contributed by atoms with Crippen molar-refractivity contribution < 1.29 is 14.3 Å². The van der Waals surface area contributed by atoms with Crippen LogP contribution in [-0.2, 0) is 6.67 Å². The zero-order chi connectivity index (χ0) is 19.4. The zero-order valence-electron chi connectivity index (χ0n) is 16.1. The van der Waals surface area contributed by atoms with Gasteiger partial charge in [-0.2, -0.15) is 0 Å². The Kier molecular flexibility index (Phi) is 5.62. The second kappa shape index (κ2) is 8.10. The minimum Gasteiger partial charge on any atom is -0.493 e. The van der Waals surface area contributed by atoms with Gasteiger partial charge in [-0.25, -0.2) is 0 Å². The van der Waals surface area contributed by atoms with E-state index in [2.05, 4.69) is 27.8 Å². The maximum Gasteiger partial charge on any atom is 0.185 e. The molecule has 5 heteroatoms. The van der Waals surface area contributed by atoms with Crippen LogP contribution in [0.15, 0.2) is 54.7 Å². The fraction of sp³-hybridized carbons (Fsp3) is 0.227. The number of hydrogen-bond acceptors (Lipinski definition) is 4. The Bertz CT molecular complexity index is 986. The molecule has 1 heterocycles. The Balaban J connectivity index is 1.91. The van der Waals surface area contributed by atoms with Crippen molar-refractivity contribution in [1.82, 2.24) is 9.47 Å². The summed E-state index contributed by atoms with van der Waals surface area (Å²) < 4.78 is 12.7. The molecule has 0 aliphatic carbocycles. The molecule has 0 saturated heterocycles. The number of benzene rings is 2. The lowest BCUT2D eigenvalue weighted by Crippen LogP contribution is -2.15. The lowest BCUT2D eigenvalue weighted by molar-refractivity contribution is 0.104. The van der Waals surface area contributed by atoms with Gasteiger partial charge in [0.25, 0.3) is 0 Å². The van der Waals surface area contributed by atoms with Gasteiger partial charge in [0.05, 0.1) is 20.9 Å². The molecule has 0 amide bonds. The number of allylic oxidation sites excluding steroid dienone is 1. The smallest absolute Gasteiger partial charge is 0.185 e. The van der Waals surface area contributed by atoms with Crippen LogP contribution < -0.4 is 9.47 Å². The van der Waals surface area contributed by atoms with Crippen molar-refractivity contribution in [2.24, 2.45) is 0 Å². The van der Waals surface area contributed by atoms with Crippen LogP contribution in [0.3, 0.4) is 0 Å². The van der Waals surface area contributed by atoms with Crippen LogP contribution in [0.2, 0.25) is 0 Å². The van der Waals surface area contributed by atoms with E-state index < -0.39 is 0 Å². The average Bonchev–Trinajstić information content (AvgIpc) is 3.02. The Hall–Kier alpha value is -3.05. The predicted octanol–water partition coefficient (Wildman–Crippen LogP) is 4.07. The number of nitrogens with zero attached hydrogens (tertiary/aromatic N) is 2. The summed E-state index contributed by atoms with van der Waals surface area (Å²) in [4.78, 5) is 14.7. The Morgan fingerprint density at radius 2 is 1.81 bits per heavy atom. The monoisotopic (exact) mass is 364 g/mol. The van der Waals surface area contributed by atoms with Gasteiger partial charge < -0.3 is 14.0 Å². The summed E-state index contributed by atoms with van der Waals surface area (Å²) in [5, 5.41) is 1.12. The molecule has 3 aromatic rings. The highest BCUT2D eigenvalue weighted by Gasteiger charge is 2.10. The number of rotatable bonds is 7. The van der Waals surface area contributed by atoms with Gasteiger partial charge in [-0.05, 0) is 50.5 Å². The van der Waals surface area contributed by atoms with Gasteiger partial charge in [0.2, 0.25) is 0 Å². The number of methoxy groups -OCH3 is 2. The van der Waals surface area contributed by atoms with E-state index in [1.807, 2.05) is 32.3 Å². The summed E-state index contributed by atoms with van der Waals surface area (Å²) in [5.74, 6) is 1.06. The number of ketones is 1. The predicted molar refractivity (Wildman–Crippen MR) is 109 cm³/mol. The van der Waals surface area contributed by atoms with E-state index in [4.69, 9.17) is 9.47 Å². The fourth-order valence-corrected chi connectivity index (χ4v) is 3.08. The molecule has 0 bridgehead atoms. The molecule has 0 aliphatic rings. The van der Waals surface area contributed by atoms with Crippen molar-refractivity contribution in [3.05, 3.63) is 65.9 Å². The highest BCUT2D eigenvalue weighted by Crippen LogP contribution is 2.28. The number of carbonyl (C=O) groups is 1. The third-order valence-corrected chi connectivity index (χ3v) is 4.34. The fourth-order valence-electron chi connectivity index (χ4n) is 3.08. The quantitative estimate of drug-likeness (QED) is 0.468. The second-order valence-corrected chi connectivity index (χ2v) is 6.56. The minimum absolute atomic E-state index is 0.0830. The normalized spacial score (nSPS) is 11.4. The summed E-state index contributed by atoms with van der Waals surface area (Å²) in [6, 6.07) is 13.4. The molecule has 27 heavy (non-hydrogen) atoms. The van der Waals surface area contributed by atoms with Crippen LogP contribution in [-0.4, -0.2) is 43.6 Å². The van der Waals surface area contributed by atoms with Gasteiger partial charge in [-0.15, -0.1) is 0 Å². The highest BCUT2D eigenvalue weighted by atomic mass is 16.5. The Morgan fingerprint density at radius 3 is 2.52 bits per heavy atom.